The highest BCUT2D eigenvalue weighted by molar-refractivity contribution is 7.17. The molecule has 1 aromatic heterocycles. The van der Waals surface area contributed by atoms with Gasteiger partial charge in [0.05, 0.1) is 10.7 Å². The molecule has 116 valence electrons. The number of anilines is 1. The van der Waals surface area contributed by atoms with Gasteiger partial charge in [-0.1, -0.05) is 48.0 Å². The summed E-state index contributed by atoms with van der Waals surface area (Å²) in [7, 11) is 1.77. The van der Waals surface area contributed by atoms with Gasteiger partial charge in [0, 0.05) is 18.3 Å². The second-order valence-corrected chi connectivity index (χ2v) is 6.52. The number of halogens is 1. The lowest BCUT2D eigenvalue weighted by atomic mass is 10.2. The molecule has 0 radical (unpaired) electrons. The van der Waals surface area contributed by atoms with E-state index in [1.54, 1.807) is 11.9 Å². The van der Waals surface area contributed by atoms with E-state index in [1.807, 2.05) is 61.5 Å². The molecule has 3 aromatic rings. The molecule has 0 saturated heterocycles. The fraction of sp³-hybridized carbons (Fsp3) is 0.111. The number of aromatic nitrogens is 1. The summed E-state index contributed by atoms with van der Waals surface area (Å²) in [5.74, 6) is -0.0653. The van der Waals surface area contributed by atoms with Crippen molar-refractivity contribution in [2.45, 2.75) is 6.92 Å². The Morgan fingerprint density at radius 3 is 2.43 bits per heavy atom. The van der Waals surface area contributed by atoms with Crippen LogP contribution in [0.4, 0.5) is 5.69 Å². The first kappa shape index (κ1) is 15.7. The molecule has 0 spiro atoms. The molecule has 0 bridgehead atoms. The summed E-state index contributed by atoms with van der Waals surface area (Å²) in [4.78, 5) is 19.6. The predicted molar refractivity (Wildman–Crippen MR) is 96.5 cm³/mol. The Hall–Kier alpha value is -2.17. The first-order chi connectivity index (χ1) is 11.1. The Labute approximate surface area is 144 Å². The minimum Gasteiger partial charge on any atom is -0.311 e. The normalized spacial score (nSPS) is 10.6. The van der Waals surface area contributed by atoms with Crippen molar-refractivity contribution < 1.29 is 4.79 Å². The quantitative estimate of drug-likeness (QED) is 0.667. The van der Waals surface area contributed by atoms with Gasteiger partial charge in [0.15, 0.2) is 0 Å². The molecule has 1 heterocycles. The molecule has 3 rings (SSSR count). The van der Waals surface area contributed by atoms with Gasteiger partial charge in [-0.2, -0.15) is 0 Å². The molecule has 0 fully saturated rings. The molecule has 3 nitrogen and oxygen atoms in total. The molecule has 0 saturated carbocycles. The fourth-order valence-electron chi connectivity index (χ4n) is 2.27. The number of thiazole rings is 1. The zero-order valence-electron chi connectivity index (χ0n) is 12.8. The number of nitrogens with zero attached hydrogens (tertiary/aromatic N) is 2. The van der Waals surface area contributed by atoms with Crippen molar-refractivity contribution in [3.05, 3.63) is 70.2 Å². The summed E-state index contributed by atoms with van der Waals surface area (Å²) in [6.45, 7) is 1.85. The fourth-order valence-corrected chi connectivity index (χ4v) is 3.63. The number of amides is 1. The number of hydrogen-bond donors (Lipinski definition) is 0. The van der Waals surface area contributed by atoms with Crippen molar-refractivity contribution >= 4 is 34.5 Å². The lowest BCUT2D eigenvalue weighted by Crippen LogP contribution is -2.25. The maximum atomic E-state index is 12.8. The van der Waals surface area contributed by atoms with Crippen LogP contribution in [-0.2, 0) is 0 Å². The highest BCUT2D eigenvalue weighted by Gasteiger charge is 2.21. The third kappa shape index (κ3) is 3.14. The van der Waals surface area contributed by atoms with Crippen LogP contribution in [0, 0.1) is 6.92 Å². The van der Waals surface area contributed by atoms with E-state index in [2.05, 4.69) is 4.98 Å². The van der Waals surface area contributed by atoms with Crippen molar-refractivity contribution in [2.75, 3.05) is 11.9 Å². The van der Waals surface area contributed by atoms with E-state index in [4.69, 9.17) is 11.6 Å². The molecule has 0 unspecified atom stereocenters. The average Bonchev–Trinajstić information content (AvgIpc) is 2.96. The molecule has 0 aliphatic heterocycles. The number of carbonyl (C=O) groups excluding carboxylic acids is 1. The van der Waals surface area contributed by atoms with Gasteiger partial charge in [-0.25, -0.2) is 4.98 Å². The zero-order chi connectivity index (χ0) is 16.4. The van der Waals surface area contributed by atoms with Gasteiger partial charge in [-0.3, -0.25) is 4.79 Å². The van der Waals surface area contributed by atoms with Gasteiger partial charge >= 0.3 is 0 Å². The topological polar surface area (TPSA) is 33.2 Å². The SMILES string of the molecule is Cc1nc(-c2ccccc2Cl)sc1C(=O)N(C)c1ccccc1. The third-order valence-corrected chi connectivity index (χ3v) is 5.05. The van der Waals surface area contributed by atoms with Crippen LogP contribution < -0.4 is 4.90 Å². The molecule has 0 aliphatic carbocycles. The summed E-state index contributed by atoms with van der Waals surface area (Å²) in [6.07, 6.45) is 0. The second kappa shape index (κ2) is 6.52. The molecule has 0 N–H and O–H groups in total. The molecular formula is C18H15ClN2OS. The standard InChI is InChI=1S/C18H15ClN2OS/c1-12-16(18(22)21(2)13-8-4-3-5-9-13)23-17(20-12)14-10-6-7-11-15(14)19/h3-11H,1-2H3. The van der Waals surface area contributed by atoms with Gasteiger partial charge < -0.3 is 4.90 Å². The summed E-state index contributed by atoms with van der Waals surface area (Å²) in [5, 5.41) is 1.40. The highest BCUT2D eigenvalue weighted by atomic mass is 35.5. The van der Waals surface area contributed by atoms with E-state index >= 15 is 0 Å². The summed E-state index contributed by atoms with van der Waals surface area (Å²) in [5.41, 5.74) is 2.42. The lowest BCUT2D eigenvalue weighted by Gasteiger charge is -2.16. The first-order valence-electron chi connectivity index (χ1n) is 7.13. The third-order valence-electron chi connectivity index (χ3n) is 3.54. The predicted octanol–water partition coefficient (Wildman–Crippen LogP) is 5.05. The van der Waals surface area contributed by atoms with E-state index in [0.717, 1.165) is 22.0 Å². The van der Waals surface area contributed by atoms with Crippen molar-refractivity contribution in [1.29, 1.82) is 0 Å². The molecule has 0 atom stereocenters. The number of para-hydroxylation sites is 1. The van der Waals surface area contributed by atoms with Gasteiger partial charge in [0.2, 0.25) is 0 Å². The van der Waals surface area contributed by atoms with E-state index in [0.29, 0.717) is 9.90 Å². The minimum atomic E-state index is -0.0653. The number of benzene rings is 2. The summed E-state index contributed by atoms with van der Waals surface area (Å²) < 4.78 is 0. The Morgan fingerprint density at radius 1 is 1.09 bits per heavy atom. The average molecular weight is 343 g/mol. The van der Waals surface area contributed by atoms with Crippen LogP contribution in [0.5, 0.6) is 0 Å². The number of carbonyl (C=O) groups is 1. The Kier molecular flexibility index (Phi) is 4.46. The van der Waals surface area contributed by atoms with Crippen LogP contribution in [-0.4, -0.2) is 17.9 Å². The van der Waals surface area contributed by atoms with Crippen LogP contribution in [0.3, 0.4) is 0 Å². The summed E-state index contributed by atoms with van der Waals surface area (Å²) >= 11 is 7.60. The van der Waals surface area contributed by atoms with Crippen molar-refractivity contribution in [3.63, 3.8) is 0 Å². The van der Waals surface area contributed by atoms with E-state index in [1.165, 1.54) is 11.3 Å². The highest BCUT2D eigenvalue weighted by Crippen LogP contribution is 2.33. The van der Waals surface area contributed by atoms with Crippen LogP contribution >= 0.6 is 22.9 Å². The van der Waals surface area contributed by atoms with E-state index < -0.39 is 0 Å². The monoisotopic (exact) mass is 342 g/mol. The second-order valence-electron chi connectivity index (χ2n) is 5.11. The Morgan fingerprint density at radius 2 is 1.74 bits per heavy atom. The molecule has 23 heavy (non-hydrogen) atoms. The number of rotatable bonds is 3. The number of hydrogen-bond acceptors (Lipinski definition) is 3. The number of aryl methyl sites for hydroxylation is 1. The van der Waals surface area contributed by atoms with Crippen molar-refractivity contribution in [1.82, 2.24) is 4.98 Å². The smallest absolute Gasteiger partial charge is 0.270 e. The molecule has 5 heteroatoms. The van der Waals surface area contributed by atoms with Gasteiger partial charge in [-0.05, 0) is 25.1 Å². The van der Waals surface area contributed by atoms with E-state index in [9.17, 15) is 4.79 Å². The van der Waals surface area contributed by atoms with Crippen LogP contribution in [0.25, 0.3) is 10.6 Å². The maximum Gasteiger partial charge on any atom is 0.270 e. The van der Waals surface area contributed by atoms with Crippen LogP contribution in [0.15, 0.2) is 54.6 Å². The molecule has 0 aliphatic rings. The first-order valence-corrected chi connectivity index (χ1v) is 8.33. The zero-order valence-corrected chi connectivity index (χ0v) is 14.4. The Bertz CT molecular complexity index is 845. The minimum absolute atomic E-state index is 0.0653. The summed E-state index contributed by atoms with van der Waals surface area (Å²) in [6, 6.07) is 17.1. The molecule has 2 aromatic carbocycles. The molecule has 1 amide bonds. The Balaban J connectivity index is 1.95. The van der Waals surface area contributed by atoms with Crippen molar-refractivity contribution in [3.8, 4) is 10.6 Å². The van der Waals surface area contributed by atoms with Gasteiger partial charge in [-0.15, -0.1) is 11.3 Å². The van der Waals surface area contributed by atoms with Gasteiger partial charge in [0.25, 0.3) is 5.91 Å². The lowest BCUT2D eigenvalue weighted by molar-refractivity contribution is 0.0996. The largest absolute Gasteiger partial charge is 0.311 e. The molecular weight excluding hydrogens is 328 g/mol. The van der Waals surface area contributed by atoms with Crippen LogP contribution in [0.1, 0.15) is 15.4 Å². The van der Waals surface area contributed by atoms with Gasteiger partial charge in [0.1, 0.15) is 9.88 Å². The van der Waals surface area contributed by atoms with E-state index in [-0.39, 0.29) is 5.91 Å². The van der Waals surface area contributed by atoms with Crippen molar-refractivity contribution in [2.24, 2.45) is 0 Å². The van der Waals surface area contributed by atoms with Crippen LogP contribution in [0.2, 0.25) is 5.02 Å². The maximum absolute atomic E-state index is 12.8.